The van der Waals surface area contributed by atoms with Crippen molar-refractivity contribution in [2.24, 2.45) is 0 Å². The van der Waals surface area contributed by atoms with E-state index in [2.05, 4.69) is 177 Å². The number of benzene rings is 7. The minimum Gasteiger partial charge on any atom is -0.228 e. The summed E-state index contributed by atoms with van der Waals surface area (Å²) in [4.78, 5) is 10.7. The molecule has 2 heteroatoms. The average molecular weight is 693 g/mol. The molecular formula is C52H40N2. The molecule has 0 aliphatic rings. The Labute approximate surface area is 318 Å². The van der Waals surface area contributed by atoms with Crippen LogP contribution in [0.15, 0.2) is 201 Å². The van der Waals surface area contributed by atoms with Crippen LogP contribution >= 0.6 is 0 Å². The fourth-order valence-corrected chi connectivity index (χ4v) is 7.00. The molecule has 0 saturated heterocycles. The Morgan fingerprint density at radius 1 is 0.519 bits per heavy atom. The maximum atomic E-state index is 5.36. The summed E-state index contributed by atoms with van der Waals surface area (Å²) < 4.78 is 0. The summed E-state index contributed by atoms with van der Waals surface area (Å²) in [5.41, 5.74) is 16.0. The van der Waals surface area contributed by atoms with Crippen molar-refractivity contribution in [3.8, 4) is 44.9 Å². The molecule has 0 atom stereocenters. The van der Waals surface area contributed by atoms with E-state index in [0.29, 0.717) is 12.2 Å². The van der Waals surface area contributed by atoms with Gasteiger partial charge in [-0.2, -0.15) is 0 Å². The van der Waals surface area contributed by atoms with Crippen molar-refractivity contribution < 1.29 is 0 Å². The molecule has 0 aliphatic carbocycles. The zero-order valence-electron chi connectivity index (χ0n) is 30.4. The molecule has 1 heterocycles. The van der Waals surface area contributed by atoms with Crippen LogP contribution in [0.4, 0.5) is 0 Å². The minimum atomic E-state index is 0.666. The lowest BCUT2D eigenvalue weighted by Gasteiger charge is -2.20. The van der Waals surface area contributed by atoms with Crippen molar-refractivity contribution in [2.75, 3.05) is 0 Å². The largest absolute Gasteiger partial charge is 0.228 e. The van der Waals surface area contributed by atoms with E-state index in [0.717, 1.165) is 67.0 Å². The second-order valence-electron chi connectivity index (χ2n) is 13.6. The summed E-state index contributed by atoms with van der Waals surface area (Å²) in [6, 6.07) is 68.0. The second kappa shape index (κ2) is 15.8. The molecule has 54 heavy (non-hydrogen) atoms. The molecular weight excluding hydrogens is 653 g/mol. The van der Waals surface area contributed by atoms with E-state index in [4.69, 9.17) is 16.5 Å². The molecule has 0 bridgehead atoms. The predicted octanol–water partition coefficient (Wildman–Crippen LogP) is 13.3. The molecule has 2 nitrogen and oxygen atoms in total. The highest BCUT2D eigenvalue weighted by Crippen LogP contribution is 2.41. The lowest BCUT2D eigenvalue weighted by molar-refractivity contribution is 1.13. The monoisotopic (exact) mass is 692 g/mol. The van der Waals surface area contributed by atoms with E-state index >= 15 is 0 Å². The molecule has 0 aliphatic heterocycles. The normalized spacial score (nSPS) is 11.3. The highest BCUT2D eigenvalue weighted by Gasteiger charge is 2.23. The molecule has 0 radical (unpaired) electrons. The van der Waals surface area contributed by atoms with Gasteiger partial charge in [0, 0.05) is 16.7 Å². The molecule has 0 unspecified atom stereocenters. The predicted molar refractivity (Wildman–Crippen MR) is 228 cm³/mol. The van der Waals surface area contributed by atoms with Crippen LogP contribution in [0.1, 0.15) is 33.5 Å². The number of allylic oxidation sites excluding steroid dienone is 1. The van der Waals surface area contributed by atoms with Gasteiger partial charge in [0.1, 0.15) is 0 Å². The van der Waals surface area contributed by atoms with Gasteiger partial charge < -0.3 is 0 Å². The molecule has 8 aromatic rings. The first-order chi connectivity index (χ1) is 26.6. The molecule has 258 valence electrons. The van der Waals surface area contributed by atoms with Crippen molar-refractivity contribution in [3.63, 3.8) is 0 Å². The Balaban J connectivity index is 1.34. The summed E-state index contributed by atoms with van der Waals surface area (Å²) in [7, 11) is 0. The van der Waals surface area contributed by atoms with Crippen molar-refractivity contribution in [3.05, 3.63) is 234 Å². The maximum absolute atomic E-state index is 5.36. The quantitative estimate of drug-likeness (QED) is 0.133. The average Bonchev–Trinajstić information content (AvgIpc) is 3.24. The summed E-state index contributed by atoms with van der Waals surface area (Å²) in [6.07, 6.45) is 2.95. The third kappa shape index (κ3) is 7.51. The summed E-state index contributed by atoms with van der Waals surface area (Å²) in [5.74, 6) is 0.680. The lowest BCUT2D eigenvalue weighted by atomic mass is 9.87. The number of nitrogens with zero attached hydrogens (tertiary/aromatic N) is 2. The summed E-state index contributed by atoms with van der Waals surface area (Å²) >= 11 is 0. The molecule has 7 aromatic carbocycles. The molecule has 8 rings (SSSR count). The Hall–Kier alpha value is -6.90. The van der Waals surface area contributed by atoms with E-state index in [1.54, 1.807) is 0 Å². The van der Waals surface area contributed by atoms with Gasteiger partial charge >= 0.3 is 0 Å². The Morgan fingerprint density at radius 3 is 1.67 bits per heavy atom. The molecule has 0 amide bonds. The number of aryl methyl sites for hydroxylation is 1. The third-order valence-corrected chi connectivity index (χ3v) is 9.81. The zero-order chi connectivity index (χ0) is 36.7. The summed E-state index contributed by atoms with van der Waals surface area (Å²) in [5, 5.41) is 0. The standard InChI is InChI=1S/C52H40N2/c1-37-28-29-46(48(35-40-20-10-4-11-21-40)43-32-30-42(31-33-43)41-22-12-5-13-23-41)36-47(37)49-50(38(2)34-39-18-8-3-9-19-39)53-52(45-26-16-7-17-27-45)54-51(49)44-24-14-6-15-25-44/h3-33,35-36H,2,34H2,1H3/b48-35+. The van der Waals surface area contributed by atoms with Crippen LogP contribution in [0, 0.1) is 6.92 Å². The van der Waals surface area contributed by atoms with Crippen molar-refractivity contribution >= 4 is 17.2 Å². The highest BCUT2D eigenvalue weighted by atomic mass is 14.9. The molecule has 0 fully saturated rings. The van der Waals surface area contributed by atoms with Gasteiger partial charge in [-0.1, -0.05) is 195 Å². The van der Waals surface area contributed by atoms with Crippen LogP contribution in [-0.4, -0.2) is 9.97 Å². The van der Waals surface area contributed by atoms with Gasteiger partial charge in [-0.3, -0.25) is 0 Å². The van der Waals surface area contributed by atoms with Gasteiger partial charge in [-0.15, -0.1) is 0 Å². The van der Waals surface area contributed by atoms with Gasteiger partial charge in [-0.25, -0.2) is 9.97 Å². The number of aromatic nitrogens is 2. The van der Waals surface area contributed by atoms with Crippen molar-refractivity contribution in [1.82, 2.24) is 9.97 Å². The molecule has 0 spiro atoms. The van der Waals surface area contributed by atoms with Crippen molar-refractivity contribution in [1.29, 1.82) is 0 Å². The first kappa shape index (κ1) is 34.2. The number of hydrogen-bond donors (Lipinski definition) is 0. The molecule has 1 aromatic heterocycles. The highest BCUT2D eigenvalue weighted by molar-refractivity contribution is 5.96. The summed E-state index contributed by atoms with van der Waals surface area (Å²) in [6.45, 7) is 6.88. The number of hydrogen-bond acceptors (Lipinski definition) is 2. The van der Waals surface area contributed by atoms with Gasteiger partial charge in [0.05, 0.1) is 11.4 Å². The second-order valence-corrected chi connectivity index (χ2v) is 13.6. The SMILES string of the molecule is C=C(Cc1ccccc1)c1nc(-c2ccccc2)nc(-c2ccccc2)c1-c1cc(/C(=C/c2ccccc2)c2ccc(-c3ccccc3)cc2)ccc1C. The molecule has 0 N–H and O–H groups in total. The maximum Gasteiger partial charge on any atom is 0.160 e. The molecule has 0 saturated carbocycles. The zero-order valence-corrected chi connectivity index (χ0v) is 30.4. The fourth-order valence-electron chi connectivity index (χ4n) is 7.00. The van der Waals surface area contributed by atoms with E-state index in [-0.39, 0.29) is 0 Å². The van der Waals surface area contributed by atoms with Gasteiger partial charge in [-0.05, 0) is 81.1 Å². The van der Waals surface area contributed by atoms with Gasteiger partial charge in [0.2, 0.25) is 0 Å². The Bertz CT molecular complexity index is 2540. The van der Waals surface area contributed by atoms with Crippen LogP contribution < -0.4 is 0 Å². The van der Waals surface area contributed by atoms with Crippen LogP contribution in [-0.2, 0) is 6.42 Å². The van der Waals surface area contributed by atoms with Crippen molar-refractivity contribution in [2.45, 2.75) is 13.3 Å². The fraction of sp³-hybridized carbons (Fsp3) is 0.0385. The third-order valence-electron chi connectivity index (χ3n) is 9.81. The van der Waals surface area contributed by atoms with Crippen LogP contribution in [0.25, 0.3) is 62.1 Å². The van der Waals surface area contributed by atoms with Crippen LogP contribution in [0.3, 0.4) is 0 Å². The minimum absolute atomic E-state index is 0.666. The Morgan fingerprint density at radius 2 is 1.04 bits per heavy atom. The smallest absolute Gasteiger partial charge is 0.160 e. The Kier molecular flexibility index (Phi) is 9.99. The van der Waals surface area contributed by atoms with Crippen LogP contribution in [0.2, 0.25) is 0 Å². The van der Waals surface area contributed by atoms with Gasteiger partial charge in [0.15, 0.2) is 5.82 Å². The van der Waals surface area contributed by atoms with Gasteiger partial charge in [0.25, 0.3) is 0 Å². The first-order valence-electron chi connectivity index (χ1n) is 18.4. The number of rotatable bonds is 10. The van der Waals surface area contributed by atoms with E-state index in [1.807, 2.05) is 30.3 Å². The van der Waals surface area contributed by atoms with E-state index in [9.17, 15) is 0 Å². The van der Waals surface area contributed by atoms with Crippen LogP contribution in [0.5, 0.6) is 0 Å². The van der Waals surface area contributed by atoms with E-state index in [1.165, 1.54) is 16.7 Å². The lowest BCUT2D eigenvalue weighted by Crippen LogP contribution is -2.05. The van der Waals surface area contributed by atoms with E-state index < -0.39 is 0 Å². The first-order valence-corrected chi connectivity index (χ1v) is 18.4. The topological polar surface area (TPSA) is 25.8 Å².